The summed E-state index contributed by atoms with van der Waals surface area (Å²) in [5.74, 6) is 0. The molecule has 0 fully saturated rings. The molecule has 4 aromatic rings. The molecule has 0 heterocycles. The van der Waals surface area contributed by atoms with Gasteiger partial charge in [-0.15, -0.1) is 0 Å². The van der Waals surface area contributed by atoms with Crippen LogP contribution in [-0.2, 0) is 5.60 Å². The molecule has 0 radical (unpaired) electrons. The predicted octanol–water partition coefficient (Wildman–Crippen LogP) is 4.58. The summed E-state index contributed by atoms with van der Waals surface area (Å²) in [7, 11) is 0. The molecular formula is C23H21NO. The minimum absolute atomic E-state index is 0.468. The number of fused-ring (bicyclic) bond motifs is 2. The molecule has 0 amide bonds. The summed E-state index contributed by atoms with van der Waals surface area (Å²) >= 11 is 0. The lowest BCUT2D eigenvalue weighted by molar-refractivity contribution is 0.0609. The first-order valence-corrected chi connectivity index (χ1v) is 8.57. The maximum Gasteiger partial charge on any atom is 0.131 e. The third-order valence-corrected chi connectivity index (χ3v) is 5.06. The van der Waals surface area contributed by atoms with Crippen LogP contribution in [0.25, 0.3) is 21.5 Å². The highest BCUT2D eigenvalue weighted by Crippen LogP contribution is 2.39. The van der Waals surface area contributed by atoms with E-state index in [0.717, 1.165) is 32.7 Å². The van der Waals surface area contributed by atoms with Crippen LogP contribution in [0.4, 0.5) is 0 Å². The lowest BCUT2D eigenvalue weighted by Crippen LogP contribution is -2.44. The van der Waals surface area contributed by atoms with Gasteiger partial charge in [-0.05, 0) is 39.6 Å². The lowest BCUT2D eigenvalue weighted by Gasteiger charge is -2.35. The normalized spacial score (nSPS) is 13.2. The maximum absolute atomic E-state index is 11.9. The van der Waals surface area contributed by atoms with Crippen LogP contribution in [-0.4, -0.2) is 11.1 Å². The maximum atomic E-state index is 11.9. The van der Waals surface area contributed by atoms with E-state index in [1.54, 1.807) is 0 Å². The molecule has 0 aromatic heterocycles. The van der Waals surface area contributed by atoms with Crippen molar-refractivity contribution in [3.05, 3.63) is 96.1 Å². The van der Waals surface area contributed by atoms with Crippen molar-refractivity contribution in [3.63, 3.8) is 0 Å². The van der Waals surface area contributed by atoms with Crippen molar-refractivity contribution in [2.75, 3.05) is 0 Å². The predicted molar refractivity (Wildman–Crippen MR) is 105 cm³/mol. The van der Waals surface area contributed by atoms with Crippen LogP contribution in [0.1, 0.15) is 18.1 Å². The summed E-state index contributed by atoms with van der Waals surface area (Å²) < 4.78 is 0. The molecule has 0 saturated carbocycles. The summed E-state index contributed by atoms with van der Waals surface area (Å²) in [6.45, 7) is 1.86. The van der Waals surface area contributed by atoms with Gasteiger partial charge < -0.3 is 10.8 Å². The minimum atomic E-state index is -1.28. The molecule has 0 aliphatic heterocycles. The van der Waals surface area contributed by atoms with Gasteiger partial charge in [0.25, 0.3) is 0 Å². The van der Waals surface area contributed by atoms with E-state index in [1.807, 2.05) is 67.6 Å². The second-order valence-electron chi connectivity index (χ2n) is 6.61. The Morgan fingerprint density at radius 2 is 1.08 bits per heavy atom. The van der Waals surface area contributed by atoms with Gasteiger partial charge in [0.05, 0.1) is 0 Å². The van der Waals surface area contributed by atoms with Crippen LogP contribution in [0, 0.1) is 0 Å². The van der Waals surface area contributed by atoms with Crippen LogP contribution in [0.3, 0.4) is 0 Å². The Labute approximate surface area is 147 Å². The first-order valence-electron chi connectivity index (χ1n) is 8.57. The number of aliphatic hydroxyl groups is 1. The van der Waals surface area contributed by atoms with Gasteiger partial charge >= 0.3 is 0 Å². The summed E-state index contributed by atoms with van der Waals surface area (Å²) in [6, 6.07) is 27.8. The zero-order valence-corrected chi connectivity index (χ0v) is 14.2. The molecule has 1 atom stereocenters. The van der Waals surface area contributed by atoms with Gasteiger partial charge in [-0.1, -0.05) is 84.9 Å². The Morgan fingerprint density at radius 3 is 1.52 bits per heavy atom. The van der Waals surface area contributed by atoms with E-state index in [0.29, 0.717) is 0 Å². The minimum Gasteiger partial charge on any atom is -0.379 e. The van der Waals surface area contributed by atoms with Crippen molar-refractivity contribution < 1.29 is 5.11 Å². The Morgan fingerprint density at radius 1 is 0.680 bits per heavy atom. The van der Waals surface area contributed by atoms with Crippen molar-refractivity contribution in [3.8, 4) is 0 Å². The molecule has 4 aromatic carbocycles. The van der Waals surface area contributed by atoms with Crippen molar-refractivity contribution in [1.82, 2.24) is 0 Å². The second-order valence-corrected chi connectivity index (χ2v) is 6.61. The summed E-state index contributed by atoms with van der Waals surface area (Å²) in [5, 5.41) is 16.1. The third-order valence-electron chi connectivity index (χ3n) is 5.06. The van der Waals surface area contributed by atoms with E-state index in [4.69, 9.17) is 5.73 Å². The highest BCUT2D eigenvalue weighted by atomic mass is 16.3. The van der Waals surface area contributed by atoms with Gasteiger partial charge in [0, 0.05) is 6.04 Å². The molecule has 0 spiro atoms. The van der Waals surface area contributed by atoms with E-state index < -0.39 is 11.6 Å². The van der Waals surface area contributed by atoms with Gasteiger partial charge in [0.1, 0.15) is 5.60 Å². The Balaban J connectivity index is 2.09. The van der Waals surface area contributed by atoms with Gasteiger partial charge in [0.2, 0.25) is 0 Å². The molecule has 4 rings (SSSR count). The van der Waals surface area contributed by atoms with Gasteiger partial charge in [-0.2, -0.15) is 0 Å². The van der Waals surface area contributed by atoms with Crippen LogP contribution in [0.15, 0.2) is 84.9 Å². The topological polar surface area (TPSA) is 46.2 Å². The second kappa shape index (κ2) is 5.99. The Hall–Kier alpha value is -2.68. The fraction of sp³-hybridized carbons (Fsp3) is 0.130. The molecule has 124 valence electrons. The molecule has 1 unspecified atom stereocenters. The van der Waals surface area contributed by atoms with E-state index >= 15 is 0 Å². The van der Waals surface area contributed by atoms with Crippen molar-refractivity contribution >= 4 is 21.5 Å². The van der Waals surface area contributed by atoms with E-state index in [-0.39, 0.29) is 0 Å². The van der Waals surface area contributed by atoms with Crippen LogP contribution in [0.2, 0.25) is 0 Å². The number of hydrogen-bond donors (Lipinski definition) is 2. The standard InChI is InChI=1S/C23H21NO/c1-16(24)23(25,21-14-6-10-17-8-2-4-12-19(17)21)22-15-7-11-18-9-3-5-13-20(18)22/h2-16,25H,24H2,1H3. The number of benzene rings is 4. The fourth-order valence-corrected chi connectivity index (χ4v) is 3.75. The molecule has 2 nitrogen and oxygen atoms in total. The Bertz CT molecular complexity index is 962. The molecular weight excluding hydrogens is 306 g/mol. The van der Waals surface area contributed by atoms with Crippen LogP contribution < -0.4 is 5.73 Å². The van der Waals surface area contributed by atoms with Gasteiger partial charge in [-0.25, -0.2) is 0 Å². The molecule has 0 aliphatic rings. The van der Waals surface area contributed by atoms with Crippen molar-refractivity contribution in [1.29, 1.82) is 0 Å². The van der Waals surface area contributed by atoms with E-state index in [1.165, 1.54) is 0 Å². The lowest BCUT2D eigenvalue weighted by atomic mass is 9.77. The Kier molecular flexibility index (Phi) is 3.79. The smallest absolute Gasteiger partial charge is 0.131 e. The number of rotatable bonds is 3. The SMILES string of the molecule is CC(N)C(O)(c1cccc2ccccc12)c1cccc2ccccc12. The average Bonchev–Trinajstić information content (AvgIpc) is 2.66. The first-order chi connectivity index (χ1) is 12.1. The molecule has 0 bridgehead atoms. The van der Waals surface area contributed by atoms with Crippen molar-refractivity contribution in [2.24, 2.45) is 5.73 Å². The monoisotopic (exact) mass is 327 g/mol. The van der Waals surface area contributed by atoms with E-state index in [9.17, 15) is 5.11 Å². The van der Waals surface area contributed by atoms with Crippen LogP contribution >= 0.6 is 0 Å². The molecule has 3 N–H and O–H groups in total. The van der Waals surface area contributed by atoms with Gasteiger partial charge in [0.15, 0.2) is 0 Å². The van der Waals surface area contributed by atoms with Crippen LogP contribution in [0.5, 0.6) is 0 Å². The molecule has 25 heavy (non-hydrogen) atoms. The third kappa shape index (κ3) is 2.42. The fourth-order valence-electron chi connectivity index (χ4n) is 3.75. The average molecular weight is 327 g/mol. The van der Waals surface area contributed by atoms with Crippen molar-refractivity contribution in [2.45, 2.75) is 18.6 Å². The highest BCUT2D eigenvalue weighted by molar-refractivity contribution is 5.91. The first kappa shape index (κ1) is 15.8. The largest absolute Gasteiger partial charge is 0.379 e. The summed E-state index contributed by atoms with van der Waals surface area (Å²) in [4.78, 5) is 0. The molecule has 0 saturated heterocycles. The zero-order chi connectivity index (χ0) is 17.4. The quantitative estimate of drug-likeness (QED) is 0.579. The molecule has 2 heteroatoms. The summed E-state index contributed by atoms with van der Waals surface area (Å²) in [6.07, 6.45) is 0. The summed E-state index contributed by atoms with van der Waals surface area (Å²) in [5.41, 5.74) is 6.78. The zero-order valence-electron chi connectivity index (χ0n) is 14.2. The van der Waals surface area contributed by atoms with Gasteiger partial charge in [-0.3, -0.25) is 0 Å². The van der Waals surface area contributed by atoms with E-state index in [2.05, 4.69) is 24.3 Å². The molecule has 0 aliphatic carbocycles. The number of hydrogen-bond acceptors (Lipinski definition) is 2. The highest BCUT2D eigenvalue weighted by Gasteiger charge is 2.38. The number of nitrogens with two attached hydrogens (primary N) is 1.